The lowest BCUT2D eigenvalue weighted by molar-refractivity contribution is -0.137. The fraction of sp³-hybridized carbons (Fsp3) is 0.824. The molecule has 128 valence electrons. The van der Waals surface area contributed by atoms with Crippen molar-refractivity contribution in [3.05, 3.63) is 11.7 Å². The lowest BCUT2D eigenvalue weighted by Gasteiger charge is -2.35. The van der Waals surface area contributed by atoms with Crippen molar-refractivity contribution in [3.63, 3.8) is 0 Å². The van der Waals surface area contributed by atoms with E-state index in [1.54, 1.807) is 7.11 Å². The van der Waals surface area contributed by atoms with Crippen molar-refractivity contribution in [2.24, 2.45) is 5.92 Å². The minimum atomic E-state index is -0.0575. The van der Waals surface area contributed by atoms with Crippen LogP contribution in [0, 0.1) is 5.92 Å². The summed E-state index contributed by atoms with van der Waals surface area (Å²) in [5.74, 6) is 1.93. The van der Waals surface area contributed by atoms with Crippen molar-refractivity contribution in [3.8, 4) is 0 Å². The van der Waals surface area contributed by atoms with Gasteiger partial charge in [0.1, 0.15) is 12.6 Å². The van der Waals surface area contributed by atoms with Crippen molar-refractivity contribution >= 4 is 5.91 Å². The predicted octanol–water partition coefficient (Wildman–Crippen LogP) is 3.24. The van der Waals surface area contributed by atoms with E-state index in [9.17, 15) is 4.79 Å². The molecule has 0 aromatic carbocycles. The van der Waals surface area contributed by atoms with Gasteiger partial charge in [-0.05, 0) is 38.0 Å². The Hall–Kier alpha value is -1.43. The number of hydrogen-bond donors (Lipinski definition) is 0. The van der Waals surface area contributed by atoms with Gasteiger partial charge in [0, 0.05) is 20.1 Å². The van der Waals surface area contributed by atoms with E-state index in [4.69, 9.17) is 9.26 Å². The van der Waals surface area contributed by atoms with Gasteiger partial charge >= 0.3 is 0 Å². The molecule has 0 radical (unpaired) electrons. The lowest BCUT2D eigenvalue weighted by atomic mass is 9.86. The van der Waals surface area contributed by atoms with E-state index < -0.39 is 0 Å². The first-order valence-electron chi connectivity index (χ1n) is 8.89. The molecule has 23 heavy (non-hydrogen) atoms. The van der Waals surface area contributed by atoms with Gasteiger partial charge < -0.3 is 14.2 Å². The first kappa shape index (κ1) is 16.4. The molecule has 1 atom stereocenters. The van der Waals surface area contributed by atoms with Crippen LogP contribution in [-0.4, -0.2) is 34.6 Å². The summed E-state index contributed by atoms with van der Waals surface area (Å²) in [6.45, 7) is 1.14. The van der Waals surface area contributed by atoms with Gasteiger partial charge in [0.2, 0.25) is 11.8 Å². The van der Waals surface area contributed by atoms with Crippen molar-refractivity contribution in [2.75, 3.05) is 13.7 Å². The third-order valence-electron chi connectivity index (χ3n) is 5.05. The van der Waals surface area contributed by atoms with Crippen LogP contribution in [0.4, 0.5) is 0 Å². The Morgan fingerprint density at radius 3 is 2.78 bits per heavy atom. The second-order valence-electron chi connectivity index (χ2n) is 6.79. The van der Waals surface area contributed by atoms with Gasteiger partial charge in [-0.25, -0.2) is 0 Å². The molecule has 1 aliphatic heterocycles. The van der Waals surface area contributed by atoms with Gasteiger partial charge in [0.05, 0.1) is 0 Å². The molecule has 1 unspecified atom stereocenters. The Kier molecular flexibility index (Phi) is 5.65. The zero-order valence-corrected chi connectivity index (χ0v) is 14.0. The third kappa shape index (κ3) is 4.10. The van der Waals surface area contributed by atoms with Gasteiger partial charge in [-0.3, -0.25) is 4.79 Å². The van der Waals surface area contributed by atoms with E-state index in [2.05, 4.69) is 10.1 Å². The summed E-state index contributed by atoms with van der Waals surface area (Å²) in [5, 5.41) is 3.94. The number of ether oxygens (including phenoxy) is 1. The number of nitrogens with zero attached hydrogens (tertiary/aromatic N) is 3. The van der Waals surface area contributed by atoms with Crippen molar-refractivity contribution < 1.29 is 14.1 Å². The van der Waals surface area contributed by atoms with Gasteiger partial charge in [-0.1, -0.05) is 24.4 Å². The molecule has 1 aromatic heterocycles. The molecule has 1 saturated heterocycles. The van der Waals surface area contributed by atoms with E-state index in [1.807, 2.05) is 4.90 Å². The van der Waals surface area contributed by atoms with Crippen LogP contribution in [0.25, 0.3) is 0 Å². The summed E-state index contributed by atoms with van der Waals surface area (Å²) in [4.78, 5) is 19.2. The summed E-state index contributed by atoms with van der Waals surface area (Å²) in [7, 11) is 1.61. The number of rotatable bonds is 5. The fourth-order valence-corrected chi connectivity index (χ4v) is 3.83. The Balaban J connectivity index is 1.66. The topological polar surface area (TPSA) is 68.5 Å². The molecule has 1 aliphatic carbocycles. The zero-order valence-electron chi connectivity index (χ0n) is 14.0. The number of hydrogen-bond acceptors (Lipinski definition) is 5. The molecular weight excluding hydrogens is 294 g/mol. The number of amides is 1. The van der Waals surface area contributed by atoms with Crippen LogP contribution in [0.3, 0.4) is 0 Å². The molecule has 1 amide bonds. The van der Waals surface area contributed by atoms with Crippen LogP contribution in [0.2, 0.25) is 0 Å². The lowest BCUT2D eigenvalue weighted by Crippen LogP contribution is -2.39. The highest BCUT2D eigenvalue weighted by atomic mass is 16.5. The molecule has 2 fully saturated rings. The highest BCUT2D eigenvalue weighted by Crippen LogP contribution is 2.33. The minimum absolute atomic E-state index is 0.0575. The molecular formula is C17H27N3O3. The van der Waals surface area contributed by atoms with Gasteiger partial charge in [-0.15, -0.1) is 0 Å². The average Bonchev–Trinajstić information content (AvgIpc) is 3.05. The van der Waals surface area contributed by atoms with E-state index >= 15 is 0 Å². The number of carbonyl (C=O) groups excluding carboxylic acids is 1. The molecule has 6 heteroatoms. The average molecular weight is 321 g/mol. The Bertz CT molecular complexity index is 511. The van der Waals surface area contributed by atoms with Crippen LogP contribution >= 0.6 is 0 Å². The van der Waals surface area contributed by atoms with Gasteiger partial charge in [0.15, 0.2) is 5.82 Å². The molecule has 1 saturated carbocycles. The van der Waals surface area contributed by atoms with Crippen molar-refractivity contribution in [1.82, 2.24) is 15.0 Å². The van der Waals surface area contributed by atoms with E-state index in [0.29, 0.717) is 30.7 Å². The van der Waals surface area contributed by atoms with E-state index in [0.717, 1.165) is 25.8 Å². The summed E-state index contributed by atoms with van der Waals surface area (Å²) in [6, 6.07) is -0.0575. The first-order valence-corrected chi connectivity index (χ1v) is 8.89. The highest BCUT2D eigenvalue weighted by molar-refractivity contribution is 5.77. The molecule has 0 spiro atoms. The van der Waals surface area contributed by atoms with Crippen LogP contribution in [0.15, 0.2) is 4.52 Å². The molecule has 0 N–H and O–H groups in total. The highest BCUT2D eigenvalue weighted by Gasteiger charge is 2.33. The van der Waals surface area contributed by atoms with E-state index in [1.165, 1.54) is 32.1 Å². The Morgan fingerprint density at radius 1 is 1.22 bits per heavy atom. The summed E-state index contributed by atoms with van der Waals surface area (Å²) >= 11 is 0. The quantitative estimate of drug-likeness (QED) is 0.833. The number of aromatic nitrogens is 2. The smallest absolute Gasteiger partial charge is 0.249 e. The predicted molar refractivity (Wildman–Crippen MR) is 84.5 cm³/mol. The maximum Gasteiger partial charge on any atom is 0.249 e. The van der Waals surface area contributed by atoms with Crippen LogP contribution < -0.4 is 0 Å². The first-order chi connectivity index (χ1) is 11.3. The molecule has 2 heterocycles. The number of piperidine rings is 1. The van der Waals surface area contributed by atoms with Gasteiger partial charge in [0.25, 0.3) is 0 Å². The molecule has 3 rings (SSSR count). The summed E-state index contributed by atoms with van der Waals surface area (Å²) in [6.07, 6.45) is 10.00. The fourth-order valence-electron chi connectivity index (χ4n) is 3.83. The van der Waals surface area contributed by atoms with Crippen LogP contribution in [-0.2, 0) is 16.1 Å². The van der Waals surface area contributed by atoms with E-state index in [-0.39, 0.29) is 11.9 Å². The second kappa shape index (κ2) is 7.90. The monoisotopic (exact) mass is 321 g/mol. The molecule has 2 aliphatic rings. The number of likely N-dealkylation sites (tertiary alicyclic amines) is 1. The maximum atomic E-state index is 12.8. The standard InChI is InChI=1S/C17H27N3O3/c1-22-12-15-18-17(23-19-15)14-9-5-6-10-20(14)16(21)11-13-7-3-2-4-8-13/h13-14H,2-12H2,1H3. The van der Waals surface area contributed by atoms with Crippen LogP contribution in [0.1, 0.15) is 75.5 Å². The molecule has 1 aromatic rings. The van der Waals surface area contributed by atoms with Crippen molar-refractivity contribution in [1.29, 1.82) is 0 Å². The maximum absolute atomic E-state index is 12.8. The Labute approximate surface area is 137 Å². The second-order valence-corrected chi connectivity index (χ2v) is 6.79. The summed E-state index contributed by atoms with van der Waals surface area (Å²) < 4.78 is 10.4. The summed E-state index contributed by atoms with van der Waals surface area (Å²) in [5.41, 5.74) is 0. The van der Waals surface area contributed by atoms with Crippen LogP contribution in [0.5, 0.6) is 0 Å². The third-order valence-corrected chi connectivity index (χ3v) is 5.05. The number of methoxy groups -OCH3 is 1. The minimum Gasteiger partial charge on any atom is -0.377 e. The largest absolute Gasteiger partial charge is 0.377 e. The molecule has 0 bridgehead atoms. The van der Waals surface area contributed by atoms with Crippen molar-refractivity contribution in [2.45, 2.75) is 70.4 Å². The normalized spacial score (nSPS) is 23.2. The SMILES string of the molecule is COCc1noc(C2CCCCN2C(=O)CC2CCCCC2)n1. The number of carbonyl (C=O) groups is 1. The van der Waals surface area contributed by atoms with Gasteiger partial charge in [-0.2, -0.15) is 4.98 Å². The Morgan fingerprint density at radius 2 is 2.00 bits per heavy atom. The zero-order chi connectivity index (χ0) is 16.1. The molecule has 6 nitrogen and oxygen atoms in total.